The van der Waals surface area contributed by atoms with E-state index in [0.29, 0.717) is 6.42 Å². The number of hydrogen-bond donors (Lipinski definition) is 3. The van der Waals surface area contributed by atoms with Crippen LogP contribution in [-0.2, 0) is 27.2 Å². The SMILES string of the molecule is COC(=O)C1CCc2cc(O)ccc21.O=C(O)C1CCc2cc(O)ccc21. The number of carboxylic acid groups (broad SMARTS) is 1. The maximum absolute atomic E-state index is 11.4. The number of esters is 1. The molecule has 4 rings (SSSR count). The molecule has 0 fully saturated rings. The quantitative estimate of drug-likeness (QED) is 0.702. The Morgan fingerprint density at radius 3 is 1.85 bits per heavy atom. The number of aryl methyl sites for hydroxylation is 2. The van der Waals surface area contributed by atoms with Gasteiger partial charge >= 0.3 is 11.9 Å². The first-order chi connectivity index (χ1) is 12.9. The lowest BCUT2D eigenvalue weighted by Crippen LogP contribution is -2.10. The van der Waals surface area contributed by atoms with Crippen molar-refractivity contribution in [2.45, 2.75) is 37.5 Å². The summed E-state index contributed by atoms with van der Waals surface area (Å²) in [6.07, 6.45) is 3.02. The van der Waals surface area contributed by atoms with E-state index in [4.69, 9.17) is 9.84 Å². The molecule has 2 aliphatic rings. The summed E-state index contributed by atoms with van der Waals surface area (Å²) in [5.41, 5.74) is 3.87. The van der Waals surface area contributed by atoms with Gasteiger partial charge in [-0.15, -0.1) is 0 Å². The van der Waals surface area contributed by atoms with Gasteiger partial charge < -0.3 is 20.1 Å². The minimum atomic E-state index is -0.774. The van der Waals surface area contributed by atoms with Crippen LogP contribution in [0, 0.1) is 0 Å². The average molecular weight is 370 g/mol. The fourth-order valence-electron chi connectivity index (χ4n) is 3.85. The van der Waals surface area contributed by atoms with Crippen LogP contribution in [0.15, 0.2) is 36.4 Å². The number of phenolic OH excluding ortho intramolecular Hbond substituents is 2. The molecule has 27 heavy (non-hydrogen) atoms. The van der Waals surface area contributed by atoms with Crippen molar-refractivity contribution in [1.82, 2.24) is 0 Å². The molecule has 6 nitrogen and oxygen atoms in total. The summed E-state index contributed by atoms with van der Waals surface area (Å²) in [7, 11) is 1.40. The first kappa shape index (κ1) is 18.8. The molecule has 6 heteroatoms. The molecule has 0 aliphatic heterocycles. The molecular formula is C21H22O6. The number of carbonyl (C=O) groups excluding carboxylic acids is 1. The van der Waals surface area contributed by atoms with E-state index in [9.17, 15) is 19.8 Å². The zero-order chi connectivity index (χ0) is 19.6. The Hall–Kier alpha value is -3.02. The molecule has 0 spiro atoms. The van der Waals surface area contributed by atoms with Crippen LogP contribution in [0.25, 0.3) is 0 Å². The number of benzene rings is 2. The molecule has 2 atom stereocenters. The number of aromatic hydroxyl groups is 2. The van der Waals surface area contributed by atoms with Gasteiger partial charge in [0.25, 0.3) is 0 Å². The highest BCUT2D eigenvalue weighted by molar-refractivity contribution is 5.80. The van der Waals surface area contributed by atoms with Crippen molar-refractivity contribution in [2.24, 2.45) is 0 Å². The molecule has 0 heterocycles. The Balaban J connectivity index is 0.000000156. The summed E-state index contributed by atoms with van der Waals surface area (Å²) < 4.78 is 4.72. The van der Waals surface area contributed by atoms with Crippen LogP contribution in [-0.4, -0.2) is 34.4 Å². The Bertz CT molecular complexity index is 873. The van der Waals surface area contributed by atoms with Gasteiger partial charge in [-0.1, -0.05) is 12.1 Å². The van der Waals surface area contributed by atoms with Crippen molar-refractivity contribution >= 4 is 11.9 Å². The average Bonchev–Trinajstić information content (AvgIpc) is 3.24. The summed E-state index contributed by atoms with van der Waals surface area (Å²) >= 11 is 0. The lowest BCUT2D eigenvalue weighted by atomic mass is 10.0. The Morgan fingerprint density at radius 1 is 0.889 bits per heavy atom. The zero-order valence-electron chi connectivity index (χ0n) is 15.0. The van der Waals surface area contributed by atoms with Crippen molar-refractivity contribution in [3.63, 3.8) is 0 Å². The number of aliphatic carboxylic acids is 1. The fourth-order valence-corrected chi connectivity index (χ4v) is 3.85. The highest BCUT2D eigenvalue weighted by Gasteiger charge is 2.29. The molecule has 0 amide bonds. The van der Waals surface area contributed by atoms with Crippen molar-refractivity contribution in [1.29, 1.82) is 0 Å². The maximum atomic E-state index is 11.4. The minimum absolute atomic E-state index is 0.143. The molecule has 0 radical (unpaired) electrons. The Kier molecular flexibility index (Phi) is 5.35. The van der Waals surface area contributed by atoms with Crippen molar-refractivity contribution in [3.05, 3.63) is 58.7 Å². The predicted molar refractivity (Wildman–Crippen MR) is 98.0 cm³/mol. The zero-order valence-corrected chi connectivity index (χ0v) is 15.0. The summed E-state index contributed by atoms with van der Waals surface area (Å²) in [5, 5.41) is 27.3. The highest BCUT2D eigenvalue weighted by atomic mass is 16.5. The van der Waals surface area contributed by atoms with Gasteiger partial charge in [-0.05, 0) is 72.2 Å². The Labute approximate surface area is 157 Å². The molecule has 2 aromatic carbocycles. The summed E-state index contributed by atoms with van der Waals surface area (Å²) in [5.74, 6) is -1.01. The van der Waals surface area contributed by atoms with Crippen LogP contribution in [0.5, 0.6) is 11.5 Å². The first-order valence-corrected chi connectivity index (χ1v) is 8.85. The molecule has 0 bridgehead atoms. The number of phenols is 2. The minimum Gasteiger partial charge on any atom is -0.508 e. The molecule has 0 aromatic heterocycles. The van der Waals surface area contributed by atoms with E-state index < -0.39 is 5.97 Å². The first-order valence-electron chi connectivity index (χ1n) is 8.85. The number of carboxylic acids is 1. The monoisotopic (exact) mass is 370 g/mol. The molecule has 2 aromatic rings. The normalized spacial score (nSPS) is 19.4. The van der Waals surface area contributed by atoms with Crippen LogP contribution in [0.1, 0.15) is 46.9 Å². The van der Waals surface area contributed by atoms with Gasteiger partial charge in [0.15, 0.2) is 0 Å². The largest absolute Gasteiger partial charge is 0.508 e. The van der Waals surface area contributed by atoms with Gasteiger partial charge in [-0.25, -0.2) is 0 Å². The van der Waals surface area contributed by atoms with Crippen LogP contribution >= 0.6 is 0 Å². The van der Waals surface area contributed by atoms with Gasteiger partial charge in [0.2, 0.25) is 0 Å². The number of ether oxygens (including phenoxy) is 1. The smallest absolute Gasteiger partial charge is 0.313 e. The second-order valence-corrected chi connectivity index (χ2v) is 6.81. The summed E-state index contributed by atoms with van der Waals surface area (Å²) in [6, 6.07) is 10.0. The third kappa shape index (κ3) is 3.89. The molecule has 142 valence electrons. The number of carbonyl (C=O) groups is 2. The fraction of sp³-hybridized carbons (Fsp3) is 0.333. The van der Waals surface area contributed by atoms with E-state index in [1.165, 1.54) is 7.11 Å². The highest BCUT2D eigenvalue weighted by Crippen LogP contribution is 2.36. The van der Waals surface area contributed by atoms with E-state index in [-0.39, 0.29) is 29.3 Å². The van der Waals surface area contributed by atoms with Gasteiger partial charge in [0, 0.05) is 0 Å². The lowest BCUT2D eigenvalue weighted by Gasteiger charge is -2.08. The number of fused-ring (bicyclic) bond motifs is 2. The van der Waals surface area contributed by atoms with Crippen LogP contribution in [0.4, 0.5) is 0 Å². The van der Waals surface area contributed by atoms with Gasteiger partial charge in [-0.3, -0.25) is 9.59 Å². The van der Waals surface area contributed by atoms with Gasteiger partial charge in [0.1, 0.15) is 11.5 Å². The Morgan fingerprint density at radius 2 is 1.37 bits per heavy atom. The van der Waals surface area contributed by atoms with Gasteiger partial charge in [-0.2, -0.15) is 0 Å². The molecule has 3 N–H and O–H groups in total. The van der Waals surface area contributed by atoms with E-state index in [1.54, 1.807) is 36.4 Å². The number of methoxy groups -OCH3 is 1. The third-order valence-corrected chi connectivity index (χ3v) is 5.19. The van der Waals surface area contributed by atoms with E-state index in [0.717, 1.165) is 41.5 Å². The third-order valence-electron chi connectivity index (χ3n) is 5.19. The van der Waals surface area contributed by atoms with E-state index >= 15 is 0 Å². The summed E-state index contributed by atoms with van der Waals surface area (Å²) in [4.78, 5) is 22.2. The molecule has 2 unspecified atom stereocenters. The topological polar surface area (TPSA) is 104 Å². The molecule has 2 aliphatic carbocycles. The van der Waals surface area contributed by atoms with Crippen molar-refractivity contribution in [3.8, 4) is 11.5 Å². The summed E-state index contributed by atoms with van der Waals surface area (Å²) in [6.45, 7) is 0. The standard InChI is InChI=1S/C11H12O3.C10H10O3/c1-14-11(13)10-4-2-7-6-8(12)3-5-9(7)10;11-7-2-4-8-6(5-7)1-3-9(8)10(12)13/h3,5-6,10,12H,2,4H2,1H3;2,4-5,9,11H,1,3H2,(H,12,13). The van der Waals surface area contributed by atoms with Crippen molar-refractivity contribution in [2.75, 3.05) is 7.11 Å². The van der Waals surface area contributed by atoms with Crippen molar-refractivity contribution < 1.29 is 29.6 Å². The van der Waals surface area contributed by atoms with E-state index in [2.05, 4.69) is 0 Å². The van der Waals surface area contributed by atoms with Crippen LogP contribution < -0.4 is 0 Å². The molecular weight excluding hydrogens is 348 g/mol. The molecule has 0 saturated carbocycles. The van der Waals surface area contributed by atoms with Gasteiger partial charge in [0.05, 0.1) is 18.9 Å². The number of hydrogen-bond acceptors (Lipinski definition) is 5. The van der Waals surface area contributed by atoms with E-state index in [1.807, 2.05) is 0 Å². The predicted octanol–water partition coefficient (Wildman–Crippen LogP) is 3.10. The number of rotatable bonds is 2. The second-order valence-electron chi connectivity index (χ2n) is 6.81. The molecule has 0 saturated heterocycles. The second kappa shape index (κ2) is 7.70. The lowest BCUT2D eigenvalue weighted by molar-refractivity contribution is -0.142. The van der Waals surface area contributed by atoms with Crippen LogP contribution in [0.2, 0.25) is 0 Å². The maximum Gasteiger partial charge on any atom is 0.313 e. The van der Waals surface area contributed by atoms with Crippen LogP contribution in [0.3, 0.4) is 0 Å².